The summed E-state index contributed by atoms with van der Waals surface area (Å²) in [6.45, 7) is 0.504. The maximum atomic E-state index is 9.41. The molecular formula is C9H12NO. The molecular weight excluding hydrogens is 138 g/mol. The van der Waals surface area contributed by atoms with Gasteiger partial charge in [0.25, 0.3) is 0 Å². The Morgan fingerprint density at radius 2 is 2.36 bits per heavy atom. The number of benzene rings is 1. The van der Waals surface area contributed by atoms with Gasteiger partial charge in [0.2, 0.25) is 0 Å². The standard InChI is InChI=1S/C9H12NO/c10-7-6-9(11)8-4-2-1-3-5-8/h1-4,9,11H,6-7,10H2. The lowest BCUT2D eigenvalue weighted by Gasteiger charge is -2.07. The molecule has 2 nitrogen and oxygen atoms in total. The van der Waals surface area contributed by atoms with Gasteiger partial charge in [-0.05, 0) is 24.6 Å². The molecule has 0 bridgehead atoms. The predicted octanol–water partition coefficient (Wildman–Crippen LogP) is 0.869. The average molecular weight is 150 g/mol. The number of hydrogen-bond donors (Lipinski definition) is 2. The first-order valence-electron chi connectivity index (χ1n) is 3.69. The fourth-order valence-corrected chi connectivity index (χ4v) is 0.928. The van der Waals surface area contributed by atoms with Crippen molar-refractivity contribution in [1.82, 2.24) is 0 Å². The molecule has 0 aromatic heterocycles. The first-order chi connectivity index (χ1) is 5.34. The Hall–Kier alpha value is -0.860. The van der Waals surface area contributed by atoms with Gasteiger partial charge in [-0.25, -0.2) is 0 Å². The van der Waals surface area contributed by atoms with Crippen LogP contribution in [0.15, 0.2) is 24.3 Å². The Kier molecular flexibility index (Phi) is 3.08. The topological polar surface area (TPSA) is 46.2 Å². The summed E-state index contributed by atoms with van der Waals surface area (Å²) in [5.41, 5.74) is 6.11. The Morgan fingerprint density at radius 1 is 1.55 bits per heavy atom. The molecule has 0 saturated heterocycles. The van der Waals surface area contributed by atoms with Crippen molar-refractivity contribution in [2.24, 2.45) is 5.73 Å². The quantitative estimate of drug-likeness (QED) is 0.671. The first kappa shape index (κ1) is 8.24. The second kappa shape index (κ2) is 4.11. The van der Waals surface area contributed by atoms with E-state index in [0.29, 0.717) is 13.0 Å². The normalized spacial score (nSPS) is 12.9. The van der Waals surface area contributed by atoms with Gasteiger partial charge in [0, 0.05) is 0 Å². The zero-order valence-electron chi connectivity index (χ0n) is 6.33. The van der Waals surface area contributed by atoms with Gasteiger partial charge in [-0.1, -0.05) is 24.3 Å². The molecule has 0 amide bonds. The van der Waals surface area contributed by atoms with Crippen LogP contribution in [-0.2, 0) is 0 Å². The Balaban J connectivity index is 2.61. The summed E-state index contributed by atoms with van der Waals surface area (Å²) in [7, 11) is 0. The average Bonchev–Trinajstić information content (AvgIpc) is 2.07. The van der Waals surface area contributed by atoms with Crippen LogP contribution < -0.4 is 5.73 Å². The van der Waals surface area contributed by atoms with Crippen LogP contribution in [0.3, 0.4) is 0 Å². The van der Waals surface area contributed by atoms with Crippen molar-refractivity contribution in [3.63, 3.8) is 0 Å². The van der Waals surface area contributed by atoms with Crippen LogP contribution in [0.2, 0.25) is 0 Å². The Labute approximate surface area is 66.7 Å². The van der Waals surface area contributed by atoms with E-state index in [-0.39, 0.29) is 0 Å². The number of rotatable bonds is 3. The summed E-state index contributed by atoms with van der Waals surface area (Å²) in [5, 5.41) is 9.41. The van der Waals surface area contributed by atoms with Gasteiger partial charge in [0.05, 0.1) is 6.10 Å². The second-order valence-corrected chi connectivity index (χ2v) is 2.41. The van der Waals surface area contributed by atoms with Gasteiger partial charge in [-0.2, -0.15) is 0 Å². The summed E-state index contributed by atoms with van der Waals surface area (Å²) < 4.78 is 0. The lowest BCUT2D eigenvalue weighted by molar-refractivity contribution is 0.170. The molecule has 0 saturated carbocycles. The third-order valence-electron chi connectivity index (χ3n) is 1.53. The van der Waals surface area contributed by atoms with Gasteiger partial charge < -0.3 is 10.8 Å². The molecule has 3 N–H and O–H groups in total. The number of aliphatic hydroxyl groups is 1. The van der Waals surface area contributed by atoms with E-state index in [2.05, 4.69) is 6.07 Å². The molecule has 0 spiro atoms. The predicted molar refractivity (Wildman–Crippen MR) is 43.9 cm³/mol. The number of nitrogens with two attached hydrogens (primary N) is 1. The number of hydrogen-bond acceptors (Lipinski definition) is 2. The summed E-state index contributed by atoms with van der Waals surface area (Å²) in [6, 6.07) is 10.3. The zero-order chi connectivity index (χ0) is 8.10. The third-order valence-corrected chi connectivity index (χ3v) is 1.53. The lowest BCUT2D eigenvalue weighted by Crippen LogP contribution is -2.06. The SMILES string of the molecule is NCCC(O)c1[c]cccc1. The Morgan fingerprint density at radius 3 is 2.91 bits per heavy atom. The highest BCUT2D eigenvalue weighted by molar-refractivity contribution is 5.15. The maximum Gasteiger partial charge on any atom is 0.0808 e. The highest BCUT2D eigenvalue weighted by Gasteiger charge is 2.03. The maximum absolute atomic E-state index is 9.41. The molecule has 11 heavy (non-hydrogen) atoms. The molecule has 59 valence electrons. The lowest BCUT2D eigenvalue weighted by atomic mass is 10.1. The van der Waals surface area contributed by atoms with E-state index in [1.54, 1.807) is 6.07 Å². The fraction of sp³-hybridized carbons (Fsp3) is 0.333. The number of aliphatic hydroxyl groups excluding tert-OH is 1. The van der Waals surface area contributed by atoms with E-state index in [9.17, 15) is 5.11 Å². The van der Waals surface area contributed by atoms with E-state index >= 15 is 0 Å². The smallest absolute Gasteiger partial charge is 0.0808 e. The van der Waals surface area contributed by atoms with E-state index in [1.165, 1.54) is 0 Å². The molecule has 1 atom stereocenters. The summed E-state index contributed by atoms with van der Waals surface area (Å²) in [4.78, 5) is 0. The molecule has 0 aliphatic heterocycles. The van der Waals surface area contributed by atoms with Gasteiger partial charge in [-0.15, -0.1) is 0 Å². The summed E-state index contributed by atoms with van der Waals surface area (Å²) in [6.07, 6.45) is 0.141. The molecule has 0 aliphatic carbocycles. The van der Waals surface area contributed by atoms with Crippen molar-refractivity contribution >= 4 is 0 Å². The van der Waals surface area contributed by atoms with E-state index in [1.807, 2.05) is 18.2 Å². The van der Waals surface area contributed by atoms with Crippen LogP contribution in [0.4, 0.5) is 0 Å². The molecule has 1 aromatic rings. The van der Waals surface area contributed by atoms with Crippen LogP contribution in [0.1, 0.15) is 18.1 Å². The minimum absolute atomic E-state index is 0.457. The fourth-order valence-electron chi connectivity index (χ4n) is 0.928. The molecule has 1 aromatic carbocycles. The molecule has 2 heteroatoms. The highest BCUT2D eigenvalue weighted by Crippen LogP contribution is 2.13. The van der Waals surface area contributed by atoms with E-state index in [4.69, 9.17) is 5.73 Å². The minimum atomic E-state index is -0.457. The van der Waals surface area contributed by atoms with E-state index in [0.717, 1.165) is 5.56 Å². The second-order valence-electron chi connectivity index (χ2n) is 2.41. The van der Waals surface area contributed by atoms with Gasteiger partial charge in [-0.3, -0.25) is 0 Å². The van der Waals surface area contributed by atoms with Crippen LogP contribution >= 0.6 is 0 Å². The van der Waals surface area contributed by atoms with Gasteiger partial charge in [0.1, 0.15) is 0 Å². The molecule has 1 unspecified atom stereocenters. The zero-order valence-corrected chi connectivity index (χ0v) is 6.33. The molecule has 1 rings (SSSR count). The minimum Gasteiger partial charge on any atom is -0.388 e. The largest absolute Gasteiger partial charge is 0.388 e. The van der Waals surface area contributed by atoms with Crippen LogP contribution in [0.25, 0.3) is 0 Å². The van der Waals surface area contributed by atoms with Crippen LogP contribution in [0, 0.1) is 6.07 Å². The summed E-state index contributed by atoms with van der Waals surface area (Å²) >= 11 is 0. The van der Waals surface area contributed by atoms with Crippen molar-refractivity contribution < 1.29 is 5.11 Å². The van der Waals surface area contributed by atoms with E-state index < -0.39 is 6.10 Å². The molecule has 0 heterocycles. The van der Waals surface area contributed by atoms with Crippen molar-refractivity contribution in [1.29, 1.82) is 0 Å². The highest BCUT2D eigenvalue weighted by atomic mass is 16.3. The van der Waals surface area contributed by atoms with Gasteiger partial charge in [0.15, 0.2) is 0 Å². The summed E-state index contributed by atoms with van der Waals surface area (Å²) in [5.74, 6) is 0. The molecule has 1 radical (unpaired) electrons. The van der Waals surface area contributed by atoms with Crippen molar-refractivity contribution in [2.75, 3.05) is 6.54 Å². The van der Waals surface area contributed by atoms with Crippen molar-refractivity contribution in [3.05, 3.63) is 35.9 Å². The first-order valence-corrected chi connectivity index (χ1v) is 3.69. The van der Waals surface area contributed by atoms with Crippen LogP contribution in [-0.4, -0.2) is 11.7 Å². The van der Waals surface area contributed by atoms with Gasteiger partial charge >= 0.3 is 0 Å². The Bertz CT molecular complexity index is 198. The van der Waals surface area contributed by atoms with Crippen molar-refractivity contribution in [3.8, 4) is 0 Å². The molecule has 0 aliphatic rings. The monoisotopic (exact) mass is 150 g/mol. The van der Waals surface area contributed by atoms with Crippen LogP contribution in [0.5, 0.6) is 0 Å². The molecule has 0 fully saturated rings. The third kappa shape index (κ3) is 2.33. The van der Waals surface area contributed by atoms with Crippen molar-refractivity contribution in [2.45, 2.75) is 12.5 Å².